The number of amides is 1. The lowest BCUT2D eigenvalue weighted by atomic mass is 10.1. The molecule has 146 valence electrons. The van der Waals surface area contributed by atoms with Gasteiger partial charge < -0.3 is 15.0 Å². The summed E-state index contributed by atoms with van der Waals surface area (Å²) in [5.74, 6) is 0.282. The van der Waals surface area contributed by atoms with Crippen molar-refractivity contribution in [1.82, 2.24) is 19.3 Å². The number of hydrogen-bond acceptors (Lipinski definition) is 4. The topological polar surface area (TPSA) is 88.0 Å². The molecule has 0 aliphatic rings. The standard InChI is InChI=1S/C22H21N5O2/c1-15(22(23)28)26-14-24-20(16-8-4-3-5-9-16)21(26)17-12-25-27(13-17)18-10-6-7-11-19(18)29-2/h3-15H,1-2H3,(H2,23,28)/t15-/m1/s1. The van der Waals surface area contributed by atoms with Gasteiger partial charge in [-0.3, -0.25) is 4.79 Å². The molecule has 0 saturated heterocycles. The van der Waals surface area contributed by atoms with E-state index in [1.54, 1.807) is 35.8 Å². The Kier molecular flexibility index (Phi) is 4.87. The number of nitrogens with zero attached hydrogens (tertiary/aromatic N) is 4. The summed E-state index contributed by atoms with van der Waals surface area (Å²) in [5, 5.41) is 4.51. The molecule has 0 aliphatic heterocycles. The third kappa shape index (κ3) is 3.38. The summed E-state index contributed by atoms with van der Waals surface area (Å²) in [4.78, 5) is 16.5. The Bertz CT molecular complexity index is 1150. The maximum absolute atomic E-state index is 11.9. The number of methoxy groups -OCH3 is 1. The second-order valence-corrected chi connectivity index (χ2v) is 6.64. The molecule has 7 nitrogen and oxygen atoms in total. The van der Waals surface area contributed by atoms with Gasteiger partial charge in [-0.1, -0.05) is 42.5 Å². The first-order valence-corrected chi connectivity index (χ1v) is 9.20. The normalized spacial score (nSPS) is 11.9. The molecular formula is C22H21N5O2. The first-order valence-electron chi connectivity index (χ1n) is 9.20. The van der Waals surface area contributed by atoms with Crippen LogP contribution in [-0.4, -0.2) is 32.3 Å². The van der Waals surface area contributed by atoms with E-state index in [0.717, 1.165) is 28.2 Å². The summed E-state index contributed by atoms with van der Waals surface area (Å²) in [6, 6.07) is 16.9. The van der Waals surface area contributed by atoms with E-state index < -0.39 is 11.9 Å². The molecule has 0 saturated carbocycles. The number of nitrogens with two attached hydrogens (primary N) is 1. The van der Waals surface area contributed by atoms with Crippen LogP contribution < -0.4 is 10.5 Å². The van der Waals surface area contributed by atoms with Crippen LogP contribution in [0.15, 0.2) is 73.3 Å². The number of carbonyl (C=O) groups excluding carboxylic acids is 1. The van der Waals surface area contributed by atoms with Crippen LogP contribution >= 0.6 is 0 Å². The predicted molar refractivity (Wildman–Crippen MR) is 111 cm³/mol. The van der Waals surface area contributed by atoms with Gasteiger partial charge in [0, 0.05) is 17.3 Å². The van der Waals surface area contributed by atoms with Gasteiger partial charge in [-0.25, -0.2) is 9.67 Å². The number of imidazole rings is 1. The largest absolute Gasteiger partial charge is 0.494 e. The third-order valence-electron chi connectivity index (χ3n) is 4.86. The SMILES string of the molecule is COc1ccccc1-n1cc(-c2c(-c3ccccc3)ncn2[C@H](C)C(N)=O)cn1. The van der Waals surface area contributed by atoms with Gasteiger partial charge in [0.2, 0.25) is 5.91 Å². The lowest BCUT2D eigenvalue weighted by Crippen LogP contribution is -2.24. The van der Waals surface area contributed by atoms with Crippen LogP contribution in [0.4, 0.5) is 0 Å². The second kappa shape index (κ2) is 7.63. The van der Waals surface area contributed by atoms with Crippen LogP contribution in [0.2, 0.25) is 0 Å². The lowest BCUT2D eigenvalue weighted by molar-refractivity contribution is -0.120. The van der Waals surface area contributed by atoms with Gasteiger partial charge in [-0.05, 0) is 19.1 Å². The zero-order chi connectivity index (χ0) is 20.4. The monoisotopic (exact) mass is 387 g/mol. The van der Waals surface area contributed by atoms with E-state index in [-0.39, 0.29) is 0 Å². The van der Waals surface area contributed by atoms with E-state index in [9.17, 15) is 4.79 Å². The molecule has 4 rings (SSSR count). The fourth-order valence-corrected chi connectivity index (χ4v) is 3.28. The number of ether oxygens (including phenoxy) is 1. The smallest absolute Gasteiger partial charge is 0.240 e. The Morgan fingerprint density at radius 2 is 1.79 bits per heavy atom. The van der Waals surface area contributed by atoms with Crippen LogP contribution in [0, 0.1) is 0 Å². The molecule has 0 radical (unpaired) electrons. The summed E-state index contributed by atoms with van der Waals surface area (Å²) in [7, 11) is 1.63. The van der Waals surface area contributed by atoms with Crippen LogP contribution in [-0.2, 0) is 4.79 Å². The average Bonchev–Trinajstić information content (AvgIpc) is 3.40. The Balaban J connectivity index is 1.87. The Hall–Kier alpha value is -3.87. The molecule has 0 spiro atoms. The molecule has 1 atom stereocenters. The van der Waals surface area contributed by atoms with Crippen LogP contribution in [0.5, 0.6) is 5.75 Å². The number of carbonyl (C=O) groups is 1. The Labute approximate surface area is 168 Å². The third-order valence-corrected chi connectivity index (χ3v) is 4.86. The van der Waals surface area contributed by atoms with Crippen LogP contribution in [0.1, 0.15) is 13.0 Å². The Morgan fingerprint density at radius 1 is 1.07 bits per heavy atom. The van der Waals surface area contributed by atoms with Crippen molar-refractivity contribution in [2.45, 2.75) is 13.0 Å². The molecule has 2 aromatic heterocycles. The van der Waals surface area contributed by atoms with Crippen molar-refractivity contribution in [3.63, 3.8) is 0 Å². The summed E-state index contributed by atoms with van der Waals surface area (Å²) < 4.78 is 8.98. The summed E-state index contributed by atoms with van der Waals surface area (Å²) in [6.45, 7) is 1.76. The average molecular weight is 387 g/mol. The first-order chi connectivity index (χ1) is 14.1. The number of primary amides is 1. The van der Waals surface area contributed by atoms with Crippen LogP contribution in [0.25, 0.3) is 28.2 Å². The van der Waals surface area contributed by atoms with Gasteiger partial charge in [-0.15, -0.1) is 0 Å². The maximum Gasteiger partial charge on any atom is 0.240 e. The van der Waals surface area contributed by atoms with Gasteiger partial charge in [0.15, 0.2) is 0 Å². The van der Waals surface area contributed by atoms with E-state index in [4.69, 9.17) is 10.5 Å². The molecule has 0 fully saturated rings. The number of hydrogen-bond donors (Lipinski definition) is 1. The molecular weight excluding hydrogens is 366 g/mol. The fourth-order valence-electron chi connectivity index (χ4n) is 3.28. The molecule has 1 amide bonds. The molecule has 0 aliphatic carbocycles. The van der Waals surface area contributed by atoms with E-state index >= 15 is 0 Å². The van der Waals surface area contributed by atoms with E-state index in [1.807, 2.05) is 60.8 Å². The molecule has 2 N–H and O–H groups in total. The number of rotatable bonds is 6. The van der Waals surface area contributed by atoms with Crippen molar-refractivity contribution in [3.05, 3.63) is 73.3 Å². The Morgan fingerprint density at radius 3 is 2.52 bits per heavy atom. The highest BCUT2D eigenvalue weighted by molar-refractivity contribution is 5.82. The minimum atomic E-state index is -0.551. The van der Waals surface area contributed by atoms with Gasteiger partial charge in [-0.2, -0.15) is 5.10 Å². The van der Waals surface area contributed by atoms with Crippen LogP contribution in [0.3, 0.4) is 0 Å². The predicted octanol–water partition coefficient (Wildman–Crippen LogP) is 3.46. The maximum atomic E-state index is 11.9. The highest BCUT2D eigenvalue weighted by atomic mass is 16.5. The molecule has 0 bridgehead atoms. The molecule has 4 aromatic rings. The zero-order valence-corrected chi connectivity index (χ0v) is 16.2. The molecule has 29 heavy (non-hydrogen) atoms. The zero-order valence-electron chi connectivity index (χ0n) is 16.2. The molecule has 2 heterocycles. The number of benzene rings is 2. The van der Waals surface area contributed by atoms with E-state index in [0.29, 0.717) is 5.75 Å². The van der Waals surface area contributed by atoms with Crippen molar-refractivity contribution in [2.75, 3.05) is 7.11 Å². The van der Waals surface area contributed by atoms with Gasteiger partial charge in [0.1, 0.15) is 17.5 Å². The lowest BCUT2D eigenvalue weighted by Gasteiger charge is -2.13. The first kappa shape index (κ1) is 18.5. The van der Waals surface area contributed by atoms with Crippen molar-refractivity contribution in [3.8, 4) is 34.0 Å². The minimum Gasteiger partial charge on any atom is -0.494 e. The molecule has 2 aromatic carbocycles. The summed E-state index contributed by atoms with van der Waals surface area (Å²) in [6.07, 6.45) is 5.29. The van der Waals surface area contributed by atoms with Crippen molar-refractivity contribution < 1.29 is 9.53 Å². The minimum absolute atomic E-state index is 0.430. The fraction of sp³-hybridized carbons (Fsp3) is 0.136. The summed E-state index contributed by atoms with van der Waals surface area (Å²) in [5.41, 5.74) is 9.70. The quantitative estimate of drug-likeness (QED) is 0.549. The molecule has 0 unspecified atom stereocenters. The van der Waals surface area contributed by atoms with Crippen molar-refractivity contribution >= 4 is 5.91 Å². The van der Waals surface area contributed by atoms with E-state index in [1.165, 1.54) is 0 Å². The molecule has 7 heteroatoms. The van der Waals surface area contributed by atoms with Crippen molar-refractivity contribution in [1.29, 1.82) is 0 Å². The highest BCUT2D eigenvalue weighted by Gasteiger charge is 2.22. The van der Waals surface area contributed by atoms with Crippen molar-refractivity contribution in [2.24, 2.45) is 5.73 Å². The number of aromatic nitrogens is 4. The number of para-hydroxylation sites is 2. The highest BCUT2D eigenvalue weighted by Crippen LogP contribution is 2.34. The van der Waals surface area contributed by atoms with Gasteiger partial charge in [0.25, 0.3) is 0 Å². The second-order valence-electron chi connectivity index (χ2n) is 6.64. The summed E-state index contributed by atoms with van der Waals surface area (Å²) >= 11 is 0. The van der Waals surface area contributed by atoms with E-state index in [2.05, 4.69) is 10.1 Å². The van der Waals surface area contributed by atoms with Gasteiger partial charge in [0.05, 0.1) is 31.0 Å². The van der Waals surface area contributed by atoms with Gasteiger partial charge >= 0.3 is 0 Å².